The molecule has 0 amide bonds. The third kappa shape index (κ3) is 3.18. The number of aliphatic hydroxyl groups is 1. The van der Waals surface area contributed by atoms with Crippen LogP contribution < -0.4 is 10.2 Å². The van der Waals surface area contributed by atoms with E-state index in [1.165, 1.54) is 5.56 Å². The Kier molecular flexibility index (Phi) is 4.01. The Morgan fingerprint density at radius 1 is 1.65 bits per heavy atom. The Bertz CT molecular complexity index is 399. The number of rotatable bonds is 3. The molecule has 0 bridgehead atoms. The number of anilines is 1. The topological polar surface area (TPSA) is 48.4 Å². The highest BCUT2D eigenvalue weighted by Gasteiger charge is 2.23. The first-order valence-corrected chi connectivity index (χ1v) is 6.60. The van der Waals surface area contributed by atoms with Crippen molar-refractivity contribution >= 4 is 21.7 Å². The molecule has 0 aliphatic carbocycles. The Balaban J connectivity index is 1.99. The van der Waals surface area contributed by atoms with Gasteiger partial charge in [0.2, 0.25) is 0 Å². The summed E-state index contributed by atoms with van der Waals surface area (Å²) in [4.78, 5) is 6.51. The zero-order valence-corrected chi connectivity index (χ0v) is 11.7. The standard InChI is InChI=1S/C12H18BrN3O/c1-8-3-12(15-6-11(8)13)16(2)7-9-4-10(17)5-14-9/h3,6,9-10,14,17H,4-5,7H2,1-2H3/t9-,10+/m0/s1. The lowest BCUT2D eigenvalue weighted by atomic mass is 10.2. The zero-order valence-electron chi connectivity index (χ0n) is 10.2. The fourth-order valence-electron chi connectivity index (χ4n) is 2.09. The summed E-state index contributed by atoms with van der Waals surface area (Å²) in [5.41, 5.74) is 1.18. The van der Waals surface area contributed by atoms with E-state index in [1.54, 1.807) is 0 Å². The van der Waals surface area contributed by atoms with Crippen LogP contribution in [0.5, 0.6) is 0 Å². The number of nitrogens with one attached hydrogen (secondary N) is 1. The minimum Gasteiger partial charge on any atom is -0.392 e. The first-order chi connectivity index (χ1) is 8.06. The van der Waals surface area contributed by atoms with Gasteiger partial charge in [-0.25, -0.2) is 4.98 Å². The second-order valence-corrected chi connectivity index (χ2v) is 5.52. The van der Waals surface area contributed by atoms with E-state index in [0.717, 1.165) is 23.3 Å². The lowest BCUT2D eigenvalue weighted by molar-refractivity contribution is 0.193. The molecule has 0 aromatic carbocycles. The molecule has 1 aromatic heterocycles. The molecule has 1 aliphatic rings. The number of aryl methyl sites for hydroxylation is 1. The van der Waals surface area contributed by atoms with Crippen molar-refractivity contribution in [3.05, 3.63) is 22.3 Å². The summed E-state index contributed by atoms with van der Waals surface area (Å²) in [6.45, 7) is 3.62. The maximum atomic E-state index is 9.46. The van der Waals surface area contributed by atoms with E-state index in [1.807, 2.05) is 13.2 Å². The van der Waals surface area contributed by atoms with Gasteiger partial charge >= 0.3 is 0 Å². The van der Waals surface area contributed by atoms with Crippen LogP contribution in [0.25, 0.3) is 0 Å². The van der Waals surface area contributed by atoms with Gasteiger partial charge in [-0.3, -0.25) is 0 Å². The van der Waals surface area contributed by atoms with Crippen LogP contribution in [0.2, 0.25) is 0 Å². The molecule has 94 valence electrons. The molecule has 17 heavy (non-hydrogen) atoms. The molecule has 0 saturated carbocycles. The molecular weight excluding hydrogens is 282 g/mol. The number of aliphatic hydroxyl groups excluding tert-OH is 1. The van der Waals surface area contributed by atoms with Crippen molar-refractivity contribution in [2.75, 3.05) is 25.0 Å². The van der Waals surface area contributed by atoms with E-state index in [-0.39, 0.29) is 6.10 Å². The molecule has 0 unspecified atom stereocenters. The van der Waals surface area contributed by atoms with Crippen LogP contribution in [-0.4, -0.2) is 42.4 Å². The van der Waals surface area contributed by atoms with Gasteiger partial charge in [0.25, 0.3) is 0 Å². The van der Waals surface area contributed by atoms with Crippen LogP contribution in [0, 0.1) is 6.92 Å². The largest absolute Gasteiger partial charge is 0.392 e. The molecule has 4 nitrogen and oxygen atoms in total. The van der Waals surface area contributed by atoms with Crippen LogP contribution in [-0.2, 0) is 0 Å². The summed E-state index contributed by atoms with van der Waals surface area (Å²) in [7, 11) is 2.03. The fourth-order valence-corrected chi connectivity index (χ4v) is 2.31. The Morgan fingerprint density at radius 2 is 2.41 bits per heavy atom. The average Bonchev–Trinajstić information content (AvgIpc) is 2.68. The minimum atomic E-state index is -0.201. The van der Waals surface area contributed by atoms with Gasteiger partial charge < -0.3 is 15.3 Å². The van der Waals surface area contributed by atoms with Crippen molar-refractivity contribution in [3.63, 3.8) is 0 Å². The van der Waals surface area contributed by atoms with Crippen molar-refractivity contribution in [3.8, 4) is 0 Å². The van der Waals surface area contributed by atoms with Gasteiger partial charge in [-0.15, -0.1) is 0 Å². The number of β-amino-alcohol motifs (C(OH)–C–C–N with tert-alkyl or cyclic N) is 1. The predicted molar refractivity (Wildman–Crippen MR) is 72.4 cm³/mol. The summed E-state index contributed by atoms with van der Waals surface area (Å²) in [5, 5.41) is 12.8. The molecule has 2 atom stereocenters. The summed E-state index contributed by atoms with van der Waals surface area (Å²) in [5.74, 6) is 0.967. The molecule has 0 spiro atoms. The van der Waals surface area contributed by atoms with Gasteiger partial charge in [0.05, 0.1) is 6.10 Å². The van der Waals surface area contributed by atoms with Crippen molar-refractivity contribution < 1.29 is 5.11 Å². The smallest absolute Gasteiger partial charge is 0.128 e. The Hall–Kier alpha value is -0.650. The predicted octanol–water partition coefficient (Wildman–Crippen LogP) is 1.31. The van der Waals surface area contributed by atoms with E-state index in [4.69, 9.17) is 0 Å². The zero-order chi connectivity index (χ0) is 12.4. The molecule has 1 fully saturated rings. The molecule has 1 saturated heterocycles. The molecule has 1 aliphatic heterocycles. The van der Waals surface area contributed by atoms with Gasteiger partial charge in [0, 0.05) is 36.8 Å². The molecule has 5 heteroatoms. The number of hydrogen-bond acceptors (Lipinski definition) is 4. The highest BCUT2D eigenvalue weighted by Crippen LogP contribution is 2.20. The van der Waals surface area contributed by atoms with E-state index in [9.17, 15) is 5.11 Å². The highest BCUT2D eigenvalue weighted by molar-refractivity contribution is 9.10. The number of aromatic nitrogens is 1. The van der Waals surface area contributed by atoms with Gasteiger partial charge in [-0.1, -0.05) is 0 Å². The van der Waals surface area contributed by atoms with Crippen LogP contribution in [0.1, 0.15) is 12.0 Å². The second kappa shape index (κ2) is 5.33. The third-order valence-corrected chi connectivity index (χ3v) is 3.95. The summed E-state index contributed by atoms with van der Waals surface area (Å²) >= 11 is 3.45. The summed E-state index contributed by atoms with van der Waals surface area (Å²) in [6.07, 6.45) is 2.45. The van der Waals surface area contributed by atoms with Crippen molar-refractivity contribution in [2.45, 2.75) is 25.5 Å². The number of halogens is 1. The molecule has 1 aromatic rings. The van der Waals surface area contributed by atoms with E-state index in [2.05, 4.69) is 44.1 Å². The van der Waals surface area contributed by atoms with Gasteiger partial charge in [0.1, 0.15) is 5.82 Å². The van der Waals surface area contributed by atoms with Gasteiger partial charge in [0.15, 0.2) is 0 Å². The number of likely N-dealkylation sites (N-methyl/N-ethyl adjacent to an activating group) is 1. The van der Waals surface area contributed by atoms with Crippen molar-refractivity contribution in [1.29, 1.82) is 0 Å². The van der Waals surface area contributed by atoms with Crippen LogP contribution >= 0.6 is 15.9 Å². The fraction of sp³-hybridized carbons (Fsp3) is 0.583. The first-order valence-electron chi connectivity index (χ1n) is 5.81. The number of pyridine rings is 1. The second-order valence-electron chi connectivity index (χ2n) is 4.67. The Labute approximate surface area is 110 Å². The van der Waals surface area contributed by atoms with E-state index >= 15 is 0 Å². The summed E-state index contributed by atoms with van der Waals surface area (Å²) < 4.78 is 1.03. The maximum Gasteiger partial charge on any atom is 0.128 e. The first kappa shape index (κ1) is 12.8. The van der Waals surface area contributed by atoms with E-state index in [0.29, 0.717) is 12.6 Å². The molecular formula is C12H18BrN3O. The number of hydrogen-bond donors (Lipinski definition) is 2. The molecule has 2 heterocycles. The van der Waals surface area contributed by atoms with Crippen LogP contribution in [0.4, 0.5) is 5.82 Å². The van der Waals surface area contributed by atoms with Gasteiger partial charge in [-0.2, -0.15) is 0 Å². The van der Waals surface area contributed by atoms with Gasteiger partial charge in [-0.05, 0) is 40.9 Å². The SMILES string of the molecule is Cc1cc(N(C)C[C@@H]2C[C@@H](O)CN2)ncc1Br. The maximum absolute atomic E-state index is 9.46. The number of nitrogens with zero attached hydrogens (tertiary/aromatic N) is 2. The Morgan fingerprint density at radius 3 is 3.00 bits per heavy atom. The highest BCUT2D eigenvalue weighted by atomic mass is 79.9. The van der Waals surface area contributed by atoms with E-state index < -0.39 is 0 Å². The average molecular weight is 300 g/mol. The monoisotopic (exact) mass is 299 g/mol. The van der Waals surface area contributed by atoms with Crippen LogP contribution in [0.15, 0.2) is 16.7 Å². The molecule has 0 radical (unpaired) electrons. The van der Waals surface area contributed by atoms with Crippen molar-refractivity contribution in [2.24, 2.45) is 0 Å². The lowest BCUT2D eigenvalue weighted by Gasteiger charge is -2.22. The molecule has 2 rings (SSSR count). The summed E-state index contributed by atoms with van der Waals surface area (Å²) in [6, 6.07) is 2.41. The third-order valence-electron chi connectivity index (χ3n) is 3.12. The quantitative estimate of drug-likeness (QED) is 0.884. The van der Waals surface area contributed by atoms with Crippen molar-refractivity contribution in [1.82, 2.24) is 10.3 Å². The lowest BCUT2D eigenvalue weighted by Crippen LogP contribution is -2.35. The molecule has 2 N–H and O–H groups in total. The minimum absolute atomic E-state index is 0.201. The van der Waals surface area contributed by atoms with Crippen LogP contribution in [0.3, 0.4) is 0 Å². The normalized spacial score (nSPS) is 24.0.